The molecule has 0 saturated carbocycles. The van der Waals surface area contributed by atoms with E-state index in [-0.39, 0.29) is 11.1 Å². The molecule has 1 saturated heterocycles. The number of aromatic nitrogens is 2. The van der Waals surface area contributed by atoms with Gasteiger partial charge in [-0.3, -0.25) is 0 Å². The smallest absolute Gasteiger partial charge is 0.189 e. The molecule has 0 spiro atoms. The van der Waals surface area contributed by atoms with Crippen LogP contribution in [0.25, 0.3) is 10.9 Å². The fourth-order valence-electron chi connectivity index (χ4n) is 3.45. The molecule has 2 aromatic rings. The molecule has 0 aliphatic carbocycles. The average molecular weight is 354 g/mol. The van der Waals surface area contributed by atoms with Gasteiger partial charge in [0.25, 0.3) is 0 Å². The standard InChI is InChI=1S/C16H17ClFN3OS/c1-23-16-19-14-12-9(7-11(17)13(14)18)3-4-10-8-22-6-2-5-21(10)15(12)20-16/h7,10H,2-6,8H2,1H3. The molecule has 0 amide bonds. The van der Waals surface area contributed by atoms with Gasteiger partial charge in [-0.15, -0.1) is 0 Å². The van der Waals surface area contributed by atoms with Crippen LogP contribution in [0.5, 0.6) is 0 Å². The topological polar surface area (TPSA) is 38.3 Å². The van der Waals surface area contributed by atoms with Crippen molar-refractivity contribution in [3.63, 3.8) is 0 Å². The van der Waals surface area contributed by atoms with Gasteiger partial charge in [0, 0.05) is 18.5 Å². The van der Waals surface area contributed by atoms with E-state index in [4.69, 9.17) is 21.3 Å². The first-order chi connectivity index (χ1) is 11.2. The summed E-state index contributed by atoms with van der Waals surface area (Å²) < 4.78 is 20.3. The van der Waals surface area contributed by atoms with Crippen LogP contribution in [0, 0.1) is 5.82 Å². The van der Waals surface area contributed by atoms with E-state index < -0.39 is 5.82 Å². The fourth-order valence-corrected chi connectivity index (χ4v) is 4.03. The second-order valence-electron chi connectivity index (χ2n) is 5.90. The molecular weight excluding hydrogens is 337 g/mol. The molecule has 2 aliphatic rings. The lowest BCUT2D eigenvalue weighted by molar-refractivity contribution is 0.132. The predicted molar refractivity (Wildman–Crippen MR) is 91.2 cm³/mol. The number of anilines is 1. The Balaban J connectivity index is 2.02. The molecule has 0 bridgehead atoms. The highest BCUT2D eigenvalue weighted by atomic mass is 35.5. The van der Waals surface area contributed by atoms with E-state index in [9.17, 15) is 4.39 Å². The monoisotopic (exact) mass is 353 g/mol. The van der Waals surface area contributed by atoms with E-state index in [1.807, 2.05) is 6.26 Å². The third-order valence-corrected chi connectivity index (χ3v) is 5.37. The number of nitrogens with zero attached hydrogens (tertiary/aromatic N) is 3. The normalized spacial score (nSPS) is 21.0. The second-order valence-corrected chi connectivity index (χ2v) is 7.08. The molecule has 4 rings (SSSR count). The molecule has 4 nitrogen and oxygen atoms in total. The highest BCUT2D eigenvalue weighted by Crippen LogP contribution is 2.38. The van der Waals surface area contributed by atoms with Crippen molar-refractivity contribution in [1.82, 2.24) is 9.97 Å². The fraction of sp³-hybridized carbons (Fsp3) is 0.500. The summed E-state index contributed by atoms with van der Waals surface area (Å²) in [5.41, 5.74) is 1.37. The summed E-state index contributed by atoms with van der Waals surface area (Å²) in [5, 5.41) is 1.53. The molecule has 0 N–H and O–H groups in total. The molecule has 1 aromatic carbocycles. The largest absolute Gasteiger partial charge is 0.379 e. The third kappa shape index (κ3) is 2.57. The number of rotatable bonds is 1. The van der Waals surface area contributed by atoms with Crippen molar-refractivity contribution in [2.45, 2.75) is 30.5 Å². The zero-order chi connectivity index (χ0) is 16.0. The van der Waals surface area contributed by atoms with Crippen molar-refractivity contribution < 1.29 is 9.13 Å². The summed E-state index contributed by atoms with van der Waals surface area (Å²) in [6.45, 7) is 2.32. The highest BCUT2D eigenvalue weighted by Gasteiger charge is 2.30. The number of hydrogen-bond acceptors (Lipinski definition) is 5. The van der Waals surface area contributed by atoms with E-state index in [0.717, 1.165) is 49.2 Å². The number of aryl methyl sites for hydroxylation is 1. The Hall–Kier alpha value is -1.11. The van der Waals surface area contributed by atoms with Crippen molar-refractivity contribution in [1.29, 1.82) is 0 Å². The highest BCUT2D eigenvalue weighted by molar-refractivity contribution is 7.98. The predicted octanol–water partition coefficient (Wildman–Crippen LogP) is 3.69. The molecule has 1 aromatic heterocycles. The number of fused-ring (bicyclic) bond motifs is 2. The Morgan fingerprint density at radius 1 is 1.43 bits per heavy atom. The van der Waals surface area contributed by atoms with Crippen LogP contribution in [-0.2, 0) is 11.2 Å². The molecule has 23 heavy (non-hydrogen) atoms. The molecule has 1 fully saturated rings. The Morgan fingerprint density at radius 2 is 2.30 bits per heavy atom. The lowest BCUT2D eigenvalue weighted by atomic mass is 10.0. The molecule has 1 atom stereocenters. The number of benzene rings is 1. The van der Waals surface area contributed by atoms with Gasteiger partial charge in [-0.1, -0.05) is 23.4 Å². The van der Waals surface area contributed by atoms with E-state index in [1.165, 1.54) is 11.8 Å². The molecule has 2 aliphatic heterocycles. The summed E-state index contributed by atoms with van der Waals surface area (Å²) in [7, 11) is 0. The van der Waals surface area contributed by atoms with Gasteiger partial charge in [-0.2, -0.15) is 0 Å². The van der Waals surface area contributed by atoms with Crippen molar-refractivity contribution >= 4 is 40.1 Å². The van der Waals surface area contributed by atoms with Gasteiger partial charge in [-0.05, 0) is 37.1 Å². The number of thioether (sulfide) groups is 1. The quantitative estimate of drug-likeness (QED) is 0.577. The number of halogens is 2. The van der Waals surface area contributed by atoms with Gasteiger partial charge in [0.2, 0.25) is 0 Å². The van der Waals surface area contributed by atoms with Gasteiger partial charge in [0.05, 0.1) is 17.7 Å². The van der Waals surface area contributed by atoms with E-state index in [0.29, 0.717) is 17.3 Å². The lowest BCUT2D eigenvalue weighted by Crippen LogP contribution is -2.37. The maximum atomic E-state index is 14.6. The summed E-state index contributed by atoms with van der Waals surface area (Å²) in [6, 6.07) is 2.00. The van der Waals surface area contributed by atoms with Crippen LogP contribution >= 0.6 is 23.4 Å². The van der Waals surface area contributed by atoms with Gasteiger partial charge >= 0.3 is 0 Å². The van der Waals surface area contributed by atoms with Crippen molar-refractivity contribution in [2.24, 2.45) is 0 Å². The van der Waals surface area contributed by atoms with Crippen molar-refractivity contribution in [3.8, 4) is 0 Å². The van der Waals surface area contributed by atoms with Gasteiger partial charge < -0.3 is 9.64 Å². The zero-order valence-electron chi connectivity index (χ0n) is 12.8. The van der Waals surface area contributed by atoms with Crippen LogP contribution in [0.1, 0.15) is 18.4 Å². The zero-order valence-corrected chi connectivity index (χ0v) is 14.4. The molecule has 122 valence electrons. The number of ether oxygens (including phenoxy) is 1. The Labute approximate surface area is 143 Å². The maximum Gasteiger partial charge on any atom is 0.189 e. The van der Waals surface area contributed by atoms with Crippen LogP contribution in [0.15, 0.2) is 11.2 Å². The summed E-state index contributed by atoms with van der Waals surface area (Å²) in [6.07, 6.45) is 4.62. The van der Waals surface area contributed by atoms with Crippen LogP contribution in [-0.4, -0.2) is 42.0 Å². The molecule has 1 unspecified atom stereocenters. The van der Waals surface area contributed by atoms with Gasteiger partial charge in [0.15, 0.2) is 11.0 Å². The second kappa shape index (κ2) is 6.07. The van der Waals surface area contributed by atoms with E-state index in [1.54, 1.807) is 6.07 Å². The SMILES string of the molecule is CSc1nc2c3c(cc(Cl)c(F)c3n1)CCC1COCCCN21. The van der Waals surface area contributed by atoms with E-state index >= 15 is 0 Å². The molecule has 0 radical (unpaired) electrons. The summed E-state index contributed by atoms with van der Waals surface area (Å²) in [5.74, 6) is 0.381. The first kappa shape index (κ1) is 15.4. The summed E-state index contributed by atoms with van der Waals surface area (Å²) in [4.78, 5) is 11.4. The Morgan fingerprint density at radius 3 is 3.13 bits per heavy atom. The minimum Gasteiger partial charge on any atom is -0.379 e. The average Bonchev–Trinajstić information content (AvgIpc) is 2.87. The van der Waals surface area contributed by atoms with E-state index in [2.05, 4.69) is 9.88 Å². The maximum absolute atomic E-state index is 14.6. The minimum atomic E-state index is -0.450. The van der Waals surface area contributed by atoms with Crippen LogP contribution < -0.4 is 4.90 Å². The molecule has 3 heterocycles. The first-order valence-corrected chi connectivity index (χ1v) is 9.36. The van der Waals surface area contributed by atoms with Gasteiger partial charge in [0.1, 0.15) is 11.3 Å². The summed E-state index contributed by atoms with van der Waals surface area (Å²) >= 11 is 7.51. The first-order valence-electron chi connectivity index (χ1n) is 7.76. The Kier molecular flexibility index (Phi) is 4.07. The van der Waals surface area contributed by atoms with Gasteiger partial charge in [-0.25, -0.2) is 14.4 Å². The van der Waals surface area contributed by atoms with Crippen LogP contribution in [0.2, 0.25) is 5.02 Å². The van der Waals surface area contributed by atoms with Crippen molar-refractivity contribution in [3.05, 3.63) is 22.5 Å². The van der Waals surface area contributed by atoms with Crippen LogP contribution in [0.4, 0.5) is 10.2 Å². The number of hydrogen-bond donors (Lipinski definition) is 0. The minimum absolute atomic E-state index is 0.137. The molecule has 7 heteroatoms. The molecular formula is C16H17ClFN3OS. The lowest BCUT2D eigenvalue weighted by Gasteiger charge is -2.29. The third-order valence-electron chi connectivity index (χ3n) is 4.55. The van der Waals surface area contributed by atoms with Crippen molar-refractivity contribution in [2.75, 3.05) is 30.9 Å². The Bertz CT molecular complexity index is 773. The van der Waals surface area contributed by atoms with Crippen LogP contribution in [0.3, 0.4) is 0 Å².